The third-order valence-electron chi connectivity index (χ3n) is 3.29. The van der Waals surface area contributed by atoms with E-state index in [4.69, 9.17) is 23.2 Å². The van der Waals surface area contributed by atoms with Gasteiger partial charge in [-0.25, -0.2) is 0 Å². The molecule has 1 N–H and O–H groups in total. The Morgan fingerprint density at radius 3 is 2.70 bits per heavy atom. The zero-order valence-corrected chi connectivity index (χ0v) is 15.1. The second kappa shape index (κ2) is 9.86. The first kappa shape index (κ1) is 18.2. The first-order valence-corrected chi connectivity index (χ1v) is 9.38. The highest BCUT2D eigenvalue weighted by Gasteiger charge is 2.03. The summed E-state index contributed by atoms with van der Waals surface area (Å²) in [6.07, 6.45) is 1.75. The maximum absolute atomic E-state index is 11.8. The van der Waals surface area contributed by atoms with E-state index >= 15 is 0 Å². The molecule has 0 aromatic heterocycles. The monoisotopic (exact) mass is 367 g/mol. The lowest BCUT2D eigenvalue weighted by molar-refractivity contribution is -0.118. The van der Waals surface area contributed by atoms with E-state index in [1.807, 2.05) is 48.5 Å². The maximum atomic E-state index is 11.8. The molecular weight excluding hydrogens is 349 g/mol. The normalized spacial score (nSPS) is 10.5. The lowest BCUT2D eigenvalue weighted by Gasteiger charge is -2.07. The van der Waals surface area contributed by atoms with Crippen molar-refractivity contribution in [2.75, 3.05) is 12.3 Å². The topological polar surface area (TPSA) is 29.1 Å². The third-order valence-corrected chi connectivity index (χ3v) is 4.90. The van der Waals surface area contributed by atoms with Gasteiger partial charge >= 0.3 is 0 Å². The number of rotatable bonds is 8. The molecule has 0 aliphatic carbocycles. The Morgan fingerprint density at radius 2 is 1.91 bits per heavy atom. The molecule has 2 nitrogen and oxygen atoms in total. The SMILES string of the molecule is O=C(CSCc1cccc(Cl)c1)NCCCc1ccccc1Cl. The summed E-state index contributed by atoms with van der Waals surface area (Å²) in [5, 5.41) is 4.46. The molecule has 0 bridgehead atoms. The van der Waals surface area contributed by atoms with Crippen molar-refractivity contribution in [3.05, 3.63) is 69.7 Å². The number of nitrogens with one attached hydrogen (secondary N) is 1. The van der Waals surface area contributed by atoms with Crippen LogP contribution < -0.4 is 5.32 Å². The molecule has 2 rings (SSSR count). The number of carbonyl (C=O) groups is 1. The number of thioether (sulfide) groups is 1. The van der Waals surface area contributed by atoms with E-state index < -0.39 is 0 Å². The maximum Gasteiger partial charge on any atom is 0.230 e. The molecule has 2 aromatic rings. The Labute approximate surface area is 151 Å². The van der Waals surface area contributed by atoms with Crippen LogP contribution in [-0.4, -0.2) is 18.2 Å². The van der Waals surface area contributed by atoms with Gasteiger partial charge in [-0.1, -0.05) is 53.5 Å². The summed E-state index contributed by atoms with van der Waals surface area (Å²) in [6.45, 7) is 0.668. The van der Waals surface area contributed by atoms with E-state index in [0.717, 1.165) is 39.8 Å². The number of carbonyl (C=O) groups excluding carboxylic acids is 1. The fraction of sp³-hybridized carbons (Fsp3) is 0.278. The van der Waals surface area contributed by atoms with E-state index in [0.29, 0.717) is 12.3 Å². The van der Waals surface area contributed by atoms with Crippen molar-refractivity contribution in [1.82, 2.24) is 5.32 Å². The number of aryl methyl sites for hydroxylation is 1. The van der Waals surface area contributed by atoms with Gasteiger partial charge in [0.05, 0.1) is 5.75 Å². The van der Waals surface area contributed by atoms with Crippen molar-refractivity contribution in [2.45, 2.75) is 18.6 Å². The van der Waals surface area contributed by atoms with Gasteiger partial charge in [0, 0.05) is 22.3 Å². The van der Waals surface area contributed by atoms with Crippen LogP contribution in [0.1, 0.15) is 17.5 Å². The molecule has 122 valence electrons. The van der Waals surface area contributed by atoms with Crippen molar-refractivity contribution < 1.29 is 4.79 Å². The minimum absolute atomic E-state index is 0.0659. The Hall–Kier alpha value is -1.16. The fourth-order valence-electron chi connectivity index (χ4n) is 2.15. The molecule has 23 heavy (non-hydrogen) atoms. The van der Waals surface area contributed by atoms with Crippen LogP contribution >= 0.6 is 35.0 Å². The van der Waals surface area contributed by atoms with Gasteiger partial charge in [-0.15, -0.1) is 11.8 Å². The summed E-state index contributed by atoms with van der Waals surface area (Å²) in [4.78, 5) is 11.8. The van der Waals surface area contributed by atoms with Gasteiger partial charge in [-0.3, -0.25) is 4.79 Å². The Morgan fingerprint density at radius 1 is 1.09 bits per heavy atom. The number of benzene rings is 2. The molecule has 0 aliphatic heterocycles. The van der Waals surface area contributed by atoms with E-state index in [1.54, 1.807) is 11.8 Å². The standard InChI is InChI=1S/C18H19Cl2NOS/c19-16-8-3-5-14(11-16)12-23-13-18(22)21-10-4-7-15-6-1-2-9-17(15)20/h1-3,5-6,8-9,11H,4,7,10,12-13H2,(H,21,22). The van der Waals surface area contributed by atoms with Crippen LogP contribution in [0.5, 0.6) is 0 Å². The molecule has 0 fully saturated rings. The average molecular weight is 368 g/mol. The second-order valence-corrected chi connectivity index (χ2v) is 7.00. The minimum Gasteiger partial charge on any atom is -0.355 e. The lowest BCUT2D eigenvalue weighted by atomic mass is 10.1. The van der Waals surface area contributed by atoms with E-state index in [-0.39, 0.29) is 5.91 Å². The molecule has 0 unspecified atom stereocenters. The van der Waals surface area contributed by atoms with Gasteiger partial charge < -0.3 is 5.32 Å². The van der Waals surface area contributed by atoms with Gasteiger partial charge in [-0.05, 0) is 42.2 Å². The highest BCUT2D eigenvalue weighted by Crippen LogP contribution is 2.17. The molecule has 2 aromatic carbocycles. The van der Waals surface area contributed by atoms with Crippen LogP contribution in [0.3, 0.4) is 0 Å². The van der Waals surface area contributed by atoms with Crippen LogP contribution in [0.2, 0.25) is 10.0 Å². The number of hydrogen-bond donors (Lipinski definition) is 1. The summed E-state index contributed by atoms with van der Waals surface area (Å²) in [5.74, 6) is 1.31. The Balaban J connectivity index is 1.59. The molecule has 0 saturated heterocycles. The van der Waals surface area contributed by atoms with Gasteiger partial charge in [-0.2, -0.15) is 0 Å². The predicted molar refractivity (Wildman–Crippen MR) is 100 cm³/mol. The van der Waals surface area contributed by atoms with Gasteiger partial charge in [0.2, 0.25) is 5.91 Å². The highest BCUT2D eigenvalue weighted by molar-refractivity contribution is 7.99. The van der Waals surface area contributed by atoms with Crippen molar-refractivity contribution in [1.29, 1.82) is 0 Å². The first-order valence-electron chi connectivity index (χ1n) is 7.47. The second-order valence-electron chi connectivity index (χ2n) is 5.17. The summed E-state index contributed by atoms with van der Waals surface area (Å²) in [6, 6.07) is 15.5. The zero-order chi connectivity index (χ0) is 16.5. The van der Waals surface area contributed by atoms with Crippen LogP contribution in [0.25, 0.3) is 0 Å². The summed E-state index contributed by atoms with van der Waals surface area (Å²) >= 11 is 13.6. The molecule has 0 radical (unpaired) electrons. The molecule has 0 aliphatic rings. The summed E-state index contributed by atoms with van der Waals surface area (Å²) in [7, 11) is 0. The van der Waals surface area contributed by atoms with Crippen molar-refractivity contribution in [3.63, 3.8) is 0 Å². The first-order chi connectivity index (χ1) is 11.1. The van der Waals surface area contributed by atoms with Crippen LogP contribution in [0, 0.1) is 0 Å². The van der Waals surface area contributed by atoms with E-state index in [1.165, 1.54) is 0 Å². The van der Waals surface area contributed by atoms with Gasteiger partial charge in [0.15, 0.2) is 0 Å². The minimum atomic E-state index is 0.0659. The van der Waals surface area contributed by atoms with Crippen LogP contribution in [-0.2, 0) is 17.0 Å². The van der Waals surface area contributed by atoms with Crippen molar-refractivity contribution in [3.8, 4) is 0 Å². The summed E-state index contributed by atoms with van der Waals surface area (Å²) in [5.41, 5.74) is 2.26. The molecule has 0 saturated carbocycles. The molecule has 5 heteroatoms. The average Bonchev–Trinajstić information content (AvgIpc) is 2.53. The zero-order valence-electron chi connectivity index (χ0n) is 12.7. The van der Waals surface area contributed by atoms with Gasteiger partial charge in [0.1, 0.15) is 0 Å². The number of halogens is 2. The van der Waals surface area contributed by atoms with E-state index in [2.05, 4.69) is 5.32 Å². The largest absolute Gasteiger partial charge is 0.355 e. The van der Waals surface area contributed by atoms with Crippen molar-refractivity contribution in [2.24, 2.45) is 0 Å². The number of hydrogen-bond acceptors (Lipinski definition) is 2. The Kier molecular flexibility index (Phi) is 7.80. The number of amides is 1. The lowest BCUT2D eigenvalue weighted by Crippen LogP contribution is -2.26. The molecule has 0 atom stereocenters. The molecule has 0 spiro atoms. The quantitative estimate of drug-likeness (QED) is 0.666. The Bertz CT molecular complexity index is 648. The molecule has 0 heterocycles. The third kappa shape index (κ3) is 6.86. The molecule has 1 amide bonds. The highest BCUT2D eigenvalue weighted by atomic mass is 35.5. The van der Waals surface area contributed by atoms with Crippen molar-refractivity contribution >= 4 is 40.9 Å². The predicted octanol–water partition coefficient (Wildman–Crippen LogP) is 4.98. The van der Waals surface area contributed by atoms with Gasteiger partial charge in [0.25, 0.3) is 0 Å². The smallest absolute Gasteiger partial charge is 0.230 e. The van der Waals surface area contributed by atoms with Crippen LogP contribution in [0.4, 0.5) is 0 Å². The van der Waals surface area contributed by atoms with E-state index in [9.17, 15) is 4.79 Å². The molecular formula is C18H19Cl2NOS. The van der Waals surface area contributed by atoms with Crippen LogP contribution in [0.15, 0.2) is 48.5 Å². The summed E-state index contributed by atoms with van der Waals surface area (Å²) < 4.78 is 0. The fourth-order valence-corrected chi connectivity index (χ4v) is 3.40.